The number of carbonyl (C=O) groups is 1. The highest BCUT2D eigenvalue weighted by molar-refractivity contribution is 6.32. The Balaban J connectivity index is 0.00000484. The normalized spacial score (nSPS) is 11.3. The maximum absolute atomic E-state index is 12.2. The van der Waals surface area contributed by atoms with Crippen LogP contribution in [0.1, 0.15) is 44.0 Å². The number of nitrogens with two attached hydrogens (primary N) is 1. The number of hydrogen-bond acceptors (Lipinski definition) is 4. The van der Waals surface area contributed by atoms with Crippen molar-refractivity contribution in [2.24, 2.45) is 5.73 Å². The van der Waals surface area contributed by atoms with Gasteiger partial charge in [-0.15, -0.1) is 12.4 Å². The predicted molar refractivity (Wildman–Crippen MR) is 96.3 cm³/mol. The van der Waals surface area contributed by atoms with E-state index in [0.29, 0.717) is 41.8 Å². The Labute approximate surface area is 149 Å². The first-order valence-electron chi connectivity index (χ1n) is 7.63. The number of hydrogen-bond donors (Lipinski definition) is 2. The number of benzene rings is 1. The molecule has 1 amide bonds. The lowest BCUT2D eigenvalue weighted by Crippen LogP contribution is -2.37. The molecule has 0 saturated heterocycles. The molecule has 0 heterocycles. The number of ether oxygens (including phenoxy) is 2. The summed E-state index contributed by atoms with van der Waals surface area (Å²) in [5.74, 6) is 0.734. The zero-order valence-corrected chi connectivity index (χ0v) is 15.4. The summed E-state index contributed by atoms with van der Waals surface area (Å²) in [4.78, 5) is 12.2. The highest BCUT2D eigenvalue weighted by Gasteiger charge is 2.17. The zero-order valence-electron chi connectivity index (χ0n) is 13.9. The lowest BCUT2D eigenvalue weighted by atomic mass is 10.1. The van der Waals surface area contributed by atoms with Crippen molar-refractivity contribution in [1.82, 2.24) is 5.32 Å². The van der Waals surface area contributed by atoms with Crippen LogP contribution in [0.15, 0.2) is 12.1 Å². The first-order chi connectivity index (χ1) is 10.5. The summed E-state index contributed by atoms with van der Waals surface area (Å²) in [5, 5.41) is 3.16. The maximum Gasteiger partial charge on any atom is 0.251 e. The van der Waals surface area contributed by atoms with E-state index in [4.69, 9.17) is 26.8 Å². The molecule has 132 valence electrons. The molecule has 0 aliphatic heterocycles. The van der Waals surface area contributed by atoms with Gasteiger partial charge in [-0.3, -0.25) is 4.79 Å². The number of nitrogens with one attached hydrogen (secondary N) is 1. The molecule has 0 unspecified atom stereocenters. The van der Waals surface area contributed by atoms with Crippen molar-refractivity contribution < 1.29 is 14.3 Å². The van der Waals surface area contributed by atoms with E-state index in [9.17, 15) is 4.79 Å². The molecule has 0 spiro atoms. The standard InChI is InChI=1S/C16H25ClN2O3.ClH/c1-4-6-7-22-15-13(17)8-12(9-14(15)21-5-2)16(20)19-11(3)10-18;/h8-9,11H,4-7,10,18H2,1-3H3,(H,19,20);1H/t11-;/m0./s1. The summed E-state index contributed by atoms with van der Waals surface area (Å²) < 4.78 is 11.2. The Kier molecular flexibility index (Phi) is 10.8. The predicted octanol–water partition coefficient (Wildman–Crippen LogP) is 3.42. The van der Waals surface area contributed by atoms with Crippen LogP contribution in [0.3, 0.4) is 0 Å². The topological polar surface area (TPSA) is 73.6 Å². The lowest BCUT2D eigenvalue weighted by Gasteiger charge is -2.16. The maximum atomic E-state index is 12.2. The van der Waals surface area contributed by atoms with Gasteiger partial charge in [0.1, 0.15) is 0 Å². The average Bonchev–Trinajstić information content (AvgIpc) is 2.49. The molecule has 0 aliphatic carbocycles. The minimum atomic E-state index is -0.235. The average molecular weight is 365 g/mol. The van der Waals surface area contributed by atoms with Gasteiger partial charge < -0.3 is 20.5 Å². The second kappa shape index (κ2) is 11.4. The minimum Gasteiger partial charge on any atom is -0.490 e. The van der Waals surface area contributed by atoms with Crippen molar-refractivity contribution in [3.8, 4) is 11.5 Å². The minimum absolute atomic E-state index is 0. The molecule has 7 heteroatoms. The van der Waals surface area contributed by atoms with Crippen molar-refractivity contribution >= 4 is 29.9 Å². The summed E-state index contributed by atoms with van der Waals surface area (Å²) in [6.07, 6.45) is 1.96. The van der Waals surface area contributed by atoms with E-state index in [0.717, 1.165) is 12.8 Å². The van der Waals surface area contributed by atoms with Gasteiger partial charge in [0.25, 0.3) is 5.91 Å². The summed E-state index contributed by atoms with van der Waals surface area (Å²) in [7, 11) is 0. The van der Waals surface area contributed by atoms with Gasteiger partial charge in [0, 0.05) is 18.2 Å². The number of carbonyl (C=O) groups excluding carboxylic acids is 1. The van der Waals surface area contributed by atoms with Gasteiger partial charge in [-0.2, -0.15) is 0 Å². The van der Waals surface area contributed by atoms with E-state index in [1.807, 2.05) is 13.8 Å². The third-order valence-corrected chi connectivity index (χ3v) is 3.33. The third kappa shape index (κ3) is 6.85. The van der Waals surface area contributed by atoms with Gasteiger partial charge in [-0.05, 0) is 32.4 Å². The smallest absolute Gasteiger partial charge is 0.251 e. The second-order valence-electron chi connectivity index (χ2n) is 5.03. The van der Waals surface area contributed by atoms with Crippen LogP contribution in [0.5, 0.6) is 11.5 Å². The van der Waals surface area contributed by atoms with Crippen LogP contribution < -0.4 is 20.5 Å². The number of amides is 1. The molecule has 1 aromatic rings. The van der Waals surface area contributed by atoms with Crippen LogP contribution in [0, 0.1) is 0 Å². The molecule has 0 radical (unpaired) electrons. The quantitative estimate of drug-likeness (QED) is 0.658. The van der Waals surface area contributed by atoms with Crippen LogP contribution in [0.4, 0.5) is 0 Å². The molecule has 5 nitrogen and oxygen atoms in total. The molecule has 1 atom stereocenters. The Morgan fingerprint density at radius 1 is 1.35 bits per heavy atom. The van der Waals surface area contributed by atoms with Gasteiger partial charge in [-0.25, -0.2) is 0 Å². The van der Waals surface area contributed by atoms with Crippen LogP contribution in [-0.2, 0) is 0 Å². The lowest BCUT2D eigenvalue weighted by molar-refractivity contribution is 0.0940. The van der Waals surface area contributed by atoms with Crippen molar-refractivity contribution in [3.05, 3.63) is 22.7 Å². The van der Waals surface area contributed by atoms with Crippen LogP contribution in [0.2, 0.25) is 5.02 Å². The first kappa shape index (κ1) is 21.8. The summed E-state index contributed by atoms with van der Waals surface area (Å²) in [6, 6.07) is 3.13. The Morgan fingerprint density at radius 3 is 2.61 bits per heavy atom. The van der Waals surface area contributed by atoms with E-state index < -0.39 is 0 Å². The Hall–Kier alpha value is -1.17. The van der Waals surface area contributed by atoms with Crippen LogP contribution in [0.25, 0.3) is 0 Å². The Morgan fingerprint density at radius 2 is 2.04 bits per heavy atom. The molecule has 1 rings (SSSR count). The monoisotopic (exact) mass is 364 g/mol. The van der Waals surface area contributed by atoms with Gasteiger partial charge >= 0.3 is 0 Å². The van der Waals surface area contributed by atoms with Crippen molar-refractivity contribution in [2.45, 2.75) is 39.7 Å². The SMILES string of the molecule is CCCCOc1c(Cl)cc(C(=O)N[C@@H](C)CN)cc1OCC.Cl. The second-order valence-corrected chi connectivity index (χ2v) is 5.44. The summed E-state index contributed by atoms with van der Waals surface area (Å²) >= 11 is 6.25. The van der Waals surface area contributed by atoms with Gasteiger partial charge in [0.2, 0.25) is 0 Å². The largest absolute Gasteiger partial charge is 0.490 e. The molecule has 23 heavy (non-hydrogen) atoms. The molecule has 1 aromatic carbocycles. The van der Waals surface area contributed by atoms with E-state index in [1.54, 1.807) is 12.1 Å². The number of halogens is 2. The van der Waals surface area contributed by atoms with E-state index in [1.165, 1.54) is 0 Å². The molecule has 0 aliphatic rings. The molecule has 0 fully saturated rings. The fraction of sp³-hybridized carbons (Fsp3) is 0.562. The molecular weight excluding hydrogens is 339 g/mol. The molecule has 0 bridgehead atoms. The van der Waals surface area contributed by atoms with Gasteiger partial charge in [-0.1, -0.05) is 24.9 Å². The first-order valence-corrected chi connectivity index (χ1v) is 8.01. The van der Waals surface area contributed by atoms with E-state index in [-0.39, 0.29) is 24.4 Å². The fourth-order valence-electron chi connectivity index (χ4n) is 1.79. The van der Waals surface area contributed by atoms with Gasteiger partial charge in [0.15, 0.2) is 11.5 Å². The van der Waals surface area contributed by atoms with Crippen LogP contribution >= 0.6 is 24.0 Å². The van der Waals surface area contributed by atoms with Crippen LogP contribution in [-0.4, -0.2) is 31.7 Å². The molecule has 0 aromatic heterocycles. The highest BCUT2D eigenvalue weighted by Crippen LogP contribution is 2.36. The third-order valence-electron chi connectivity index (χ3n) is 3.05. The highest BCUT2D eigenvalue weighted by atomic mass is 35.5. The van der Waals surface area contributed by atoms with Crippen molar-refractivity contribution in [2.75, 3.05) is 19.8 Å². The number of rotatable bonds is 9. The van der Waals surface area contributed by atoms with E-state index in [2.05, 4.69) is 12.2 Å². The Bertz CT molecular complexity index is 498. The molecule has 3 N–H and O–H groups in total. The molecular formula is C16H26Cl2N2O3. The van der Waals surface area contributed by atoms with Gasteiger partial charge in [0.05, 0.1) is 18.2 Å². The summed E-state index contributed by atoms with van der Waals surface area (Å²) in [6.45, 7) is 7.19. The number of unbranched alkanes of at least 4 members (excludes halogenated alkanes) is 1. The van der Waals surface area contributed by atoms with E-state index >= 15 is 0 Å². The van der Waals surface area contributed by atoms with Crippen molar-refractivity contribution in [3.63, 3.8) is 0 Å². The molecule has 0 saturated carbocycles. The fourth-order valence-corrected chi connectivity index (χ4v) is 2.05. The summed E-state index contributed by atoms with van der Waals surface area (Å²) in [5.41, 5.74) is 5.94. The van der Waals surface area contributed by atoms with Crippen molar-refractivity contribution in [1.29, 1.82) is 0 Å². The zero-order chi connectivity index (χ0) is 16.5.